The van der Waals surface area contributed by atoms with E-state index in [0.29, 0.717) is 5.92 Å². The first-order valence-electron chi connectivity index (χ1n) is 6.67. The molecule has 2 atom stereocenters. The maximum atomic E-state index is 11.8. The number of ether oxygens (including phenoxy) is 1. The Balaban J connectivity index is 2.06. The summed E-state index contributed by atoms with van der Waals surface area (Å²) in [6, 6.07) is 0.266. The van der Waals surface area contributed by atoms with Gasteiger partial charge in [0, 0.05) is 18.5 Å². The fraction of sp³-hybridized carbons (Fsp3) is 0.923. The van der Waals surface area contributed by atoms with Crippen molar-refractivity contribution in [2.75, 3.05) is 26.2 Å². The van der Waals surface area contributed by atoms with Crippen LogP contribution in [0.15, 0.2) is 0 Å². The summed E-state index contributed by atoms with van der Waals surface area (Å²) >= 11 is 0. The topological polar surface area (TPSA) is 41.6 Å². The molecule has 0 aromatic heterocycles. The van der Waals surface area contributed by atoms with Crippen LogP contribution in [0.2, 0.25) is 0 Å². The van der Waals surface area contributed by atoms with E-state index in [4.69, 9.17) is 4.74 Å². The summed E-state index contributed by atoms with van der Waals surface area (Å²) < 4.78 is 5.87. The summed E-state index contributed by atoms with van der Waals surface area (Å²) in [6.07, 6.45) is 2.41. The van der Waals surface area contributed by atoms with Crippen molar-refractivity contribution in [2.24, 2.45) is 5.92 Å². The summed E-state index contributed by atoms with van der Waals surface area (Å²) in [5.74, 6) is 0.645. The Labute approximate surface area is 104 Å². The van der Waals surface area contributed by atoms with Crippen LogP contribution in [-0.2, 0) is 9.53 Å². The Kier molecular flexibility index (Phi) is 3.73. The van der Waals surface area contributed by atoms with Crippen LogP contribution in [0.5, 0.6) is 0 Å². The van der Waals surface area contributed by atoms with Gasteiger partial charge in [-0.3, -0.25) is 4.79 Å². The summed E-state index contributed by atoms with van der Waals surface area (Å²) in [5, 5.41) is 3.43. The van der Waals surface area contributed by atoms with Gasteiger partial charge in [-0.2, -0.15) is 0 Å². The van der Waals surface area contributed by atoms with E-state index in [0.717, 1.165) is 19.6 Å². The van der Waals surface area contributed by atoms with Gasteiger partial charge in [0.25, 0.3) is 0 Å². The highest BCUT2D eigenvalue weighted by molar-refractivity contribution is 5.78. The van der Waals surface area contributed by atoms with Gasteiger partial charge in [0.05, 0.1) is 12.1 Å². The molecule has 2 rings (SSSR count). The lowest BCUT2D eigenvalue weighted by molar-refractivity contribution is -0.174. The largest absolute Gasteiger partial charge is 0.363 e. The van der Waals surface area contributed by atoms with E-state index in [1.54, 1.807) is 0 Å². The first-order valence-corrected chi connectivity index (χ1v) is 6.67. The van der Waals surface area contributed by atoms with E-state index >= 15 is 0 Å². The van der Waals surface area contributed by atoms with Crippen LogP contribution in [0.4, 0.5) is 0 Å². The van der Waals surface area contributed by atoms with Crippen molar-refractivity contribution < 1.29 is 9.53 Å². The zero-order valence-electron chi connectivity index (χ0n) is 11.2. The molecule has 1 amide bonds. The number of morpholine rings is 1. The molecular weight excluding hydrogens is 216 g/mol. The Morgan fingerprint density at radius 3 is 2.88 bits per heavy atom. The molecule has 0 aromatic rings. The molecule has 0 saturated carbocycles. The van der Waals surface area contributed by atoms with Crippen LogP contribution in [0.1, 0.15) is 33.6 Å². The molecular formula is C13H24N2O2. The number of hydrogen-bond donors (Lipinski definition) is 1. The molecule has 17 heavy (non-hydrogen) atoms. The molecule has 4 nitrogen and oxygen atoms in total. The smallest absolute Gasteiger partial charge is 0.248 e. The maximum Gasteiger partial charge on any atom is 0.248 e. The molecule has 4 heteroatoms. The molecule has 2 aliphatic rings. The van der Waals surface area contributed by atoms with Crippen LogP contribution in [-0.4, -0.2) is 48.7 Å². The SMILES string of the molecule is CC(C)N1CC(C)(C2CCCNC2)OCC1=O. The third-order valence-corrected chi connectivity index (χ3v) is 4.11. The van der Waals surface area contributed by atoms with Gasteiger partial charge in [0.1, 0.15) is 6.61 Å². The van der Waals surface area contributed by atoms with Crippen molar-refractivity contribution in [3.8, 4) is 0 Å². The van der Waals surface area contributed by atoms with E-state index in [9.17, 15) is 4.79 Å². The maximum absolute atomic E-state index is 11.8. The monoisotopic (exact) mass is 240 g/mol. The van der Waals surface area contributed by atoms with Gasteiger partial charge in [-0.1, -0.05) is 0 Å². The van der Waals surface area contributed by atoms with Gasteiger partial charge in [0.15, 0.2) is 0 Å². The fourth-order valence-corrected chi connectivity index (χ4v) is 2.87. The van der Waals surface area contributed by atoms with E-state index in [-0.39, 0.29) is 24.2 Å². The zero-order valence-corrected chi connectivity index (χ0v) is 11.2. The lowest BCUT2D eigenvalue weighted by Gasteiger charge is -2.47. The first-order chi connectivity index (χ1) is 8.03. The van der Waals surface area contributed by atoms with Crippen LogP contribution in [0.25, 0.3) is 0 Å². The summed E-state index contributed by atoms with van der Waals surface area (Å²) in [5.41, 5.74) is -0.175. The Hall–Kier alpha value is -0.610. The van der Waals surface area contributed by atoms with Crippen molar-refractivity contribution in [3.05, 3.63) is 0 Å². The number of nitrogens with one attached hydrogen (secondary N) is 1. The van der Waals surface area contributed by atoms with Crippen molar-refractivity contribution >= 4 is 5.91 Å². The average Bonchev–Trinajstić information content (AvgIpc) is 2.33. The second kappa shape index (κ2) is 4.94. The number of hydrogen-bond acceptors (Lipinski definition) is 3. The quantitative estimate of drug-likeness (QED) is 0.783. The summed E-state index contributed by atoms with van der Waals surface area (Å²) in [4.78, 5) is 13.7. The minimum Gasteiger partial charge on any atom is -0.363 e. The van der Waals surface area contributed by atoms with Crippen molar-refractivity contribution in [1.29, 1.82) is 0 Å². The Morgan fingerprint density at radius 2 is 2.29 bits per heavy atom. The van der Waals surface area contributed by atoms with Crippen LogP contribution in [0.3, 0.4) is 0 Å². The van der Waals surface area contributed by atoms with Gasteiger partial charge in [-0.25, -0.2) is 0 Å². The molecule has 0 spiro atoms. The van der Waals surface area contributed by atoms with E-state index in [1.807, 2.05) is 4.90 Å². The highest BCUT2D eigenvalue weighted by atomic mass is 16.5. The highest BCUT2D eigenvalue weighted by Crippen LogP contribution is 2.31. The molecule has 98 valence electrons. The minimum atomic E-state index is -0.175. The summed E-state index contributed by atoms with van der Waals surface area (Å²) in [6.45, 7) is 9.40. The third kappa shape index (κ3) is 2.63. The molecule has 2 aliphatic heterocycles. The normalized spacial score (nSPS) is 35.4. The number of rotatable bonds is 2. The number of nitrogens with zero attached hydrogens (tertiary/aromatic N) is 1. The van der Waals surface area contributed by atoms with Crippen LogP contribution in [0, 0.1) is 5.92 Å². The molecule has 0 aromatic carbocycles. The van der Waals surface area contributed by atoms with Gasteiger partial charge in [-0.15, -0.1) is 0 Å². The predicted octanol–water partition coefficient (Wildman–Crippen LogP) is 1.01. The molecule has 1 N–H and O–H groups in total. The van der Waals surface area contributed by atoms with Gasteiger partial charge >= 0.3 is 0 Å². The predicted molar refractivity (Wildman–Crippen MR) is 66.8 cm³/mol. The lowest BCUT2D eigenvalue weighted by atomic mass is 9.82. The zero-order chi connectivity index (χ0) is 12.5. The van der Waals surface area contributed by atoms with Crippen molar-refractivity contribution in [3.63, 3.8) is 0 Å². The second-order valence-electron chi connectivity index (χ2n) is 5.76. The van der Waals surface area contributed by atoms with E-state index in [1.165, 1.54) is 12.8 Å². The molecule has 2 heterocycles. The number of carbonyl (C=O) groups excluding carboxylic acids is 1. The number of piperidine rings is 1. The molecule has 2 unspecified atom stereocenters. The lowest BCUT2D eigenvalue weighted by Crippen LogP contribution is -2.60. The number of amides is 1. The Morgan fingerprint density at radius 1 is 1.53 bits per heavy atom. The number of carbonyl (C=O) groups is 1. The minimum absolute atomic E-state index is 0.126. The first kappa shape index (κ1) is 12.8. The highest BCUT2D eigenvalue weighted by Gasteiger charge is 2.42. The van der Waals surface area contributed by atoms with Crippen LogP contribution < -0.4 is 5.32 Å². The molecule has 0 aliphatic carbocycles. The van der Waals surface area contributed by atoms with Gasteiger partial charge in [0.2, 0.25) is 5.91 Å². The van der Waals surface area contributed by atoms with Gasteiger partial charge in [-0.05, 0) is 40.2 Å². The van der Waals surface area contributed by atoms with E-state index in [2.05, 4.69) is 26.1 Å². The third-order valence-electron chi connectivity index (χ3n) is 4.11. The fourth-order valence-electron chi connectivity index (χ4n) is 2.87. The standard InChI is InChI=1S/C13H24N2O2/c1-10(2)15-9-13(3,17-8-12(15)16)11-5-4-6-14-7-11/h10-11,14H,4-9H2,1-3H3. The molecule has 0 radical (unpaired) electrons. The van der Waals surface area contributed by atoms with E-state index < -0.39 is 0 Å². The molecule has 2 saturated heterocycles. The van der Waals surface area contributed by atoms with Gasteiger partial charge < -0.3 is 15.0 Å². The average molecular weight is 240 g/mol. The Bertz CT molecular complexity index is 287. The second-order valence-corrected chi connectivity index (χ2v) is 5.76. The van der Waals surface area contributed by atoms with Crippen molar-refractivity contribution in [1.82, 2.24) is 10.2 Å². The van der Waals surface area contributed by atoms with Crippen LogP contribution >= 0.6 is 0 Å². The summed E-state index contributed by atoms with van der Waals surface area (Å²) in [7, 11) is 0. The molecule has 2 fully saturated rings. The molecule has 0 bridgehead atoms. The van der Waals surface area contributed by atoms with Crippen molar-refractivity contribution in [2.45, 2.75) is 45.3 Å².